The van der Waals surface area contributed by atoms with Crippen molar-refractivity contribution in [2.24, 2.45) is 0 Å². The van der Waals surface area contributed by atoms with Gasteiger partial charge in [0.1, 0.15) is 0 Å². The predicted octanol–water partition coefficient (Wildman–Crippen LogP) is 0.111. The molecule has 2 aliphatic rings. The normalized spacial score (nSPS) is 31.4. The summed E-state index contributed by atoms with van der Waals surface area (Å²) in [4.78, 5) is 0. The molecule has 6 nitrogen and oxygen atoms in total. The van der Waals surface area contributed by atoms with Crippen LogP contribution in [-0.4, -0.2) is 58.3 Å². The van der Waals surface area contributed by atoms with Crippen LogP contribution in [0.25, 0.3) is 0 Å². The van der Waals surface area contributed by atoms with Gasteiger partial charge in [-0.2, -0.15) is 17.4 Å². The molecule has 0 aliphatic carbocycles. The van der Waals surface area contributed by atoms with E-state index in [4.69, 9.17) is 9.47 Å². The largest absolute Gasteiger partial charge is 0.377 e. The van der Waals surface area contributed by atoms with Crippen LogP contribution >= 0.6 is 0 Å². The average molecular weight is 278 g/mol. The van der Waals surface area contributed by atoms with E-state index >= 15 is 0 Å². The zero-order chi connectivity index (χ0) is 13.0. The van der Waals surface area contributed by atoms with Crippen molar-refractivity contribution in [2.75, 3.05) is 33.4 Å². The molecule has 2 heterocycles. The highest BCUT2D eigenvalue weighted by Crippen LogP contribution is 2.15. The van der Waals surface area contributed by atoms with Gasteiger partial charge in [0.05, 0.1) is 25.4 Å². The van der Waals surface area contributed by atoms with Crippen LogP contribution in [0.5, 0.6) is 0 Å². The molecule has 0 spiro atoms. The second kappa shape index (κ2) is 6.29. The van der Waals surface area contributed by atoms with E-state index in [0.29, 0.717) is 26.3 Å². The third-order valence-electron chi connectivity index (χ3n) is 3.54. The van der Waals surface area contributed by atoms with Crippen molar-refractivity contribution in [3.63, 3.8) is 0 Å². The summed E-state index contributed by atoms with van der Waals surface area (Å²) in [7, 11) is -1.83. The molecule has 1 N–H and O–H groups in total. The summed E-state index contributed by atoms with van der Waals surface area (Å²) >= 11 is 0. The summed E-state index contributed by atoms with van der Waals surface area (Å²) in [5.74, 6) is 0. The molecule has 2 fully saturated rings. The van der Waals surface area contributed by atoms with Gasteiger partial charge in [0.25, 0.3) is 10.2 Å². The first-order chi connectivity index (χ1) is 8.63. The van der Waals surface area contributed by atoms with Gasteiger partial charge in [-0.1, -0.05) is 12.8 Å². The molecule has 0 unspecified atom stereocenters. The molecule has 2 atom stereocenters. The van der Waals surface area contributed by atoms with Crippen molar-refractivity contribution in [1.82, 2.24) is 9.03 Å². The molecule has 7 heteroatoms. The van der Waals surface area contributed by atoms with Gasteiger partial charge in [-0.3, -0.25) is 0 Å². The number of hydrogen-bond acceptors (Lipinski definition) is 4. The minimum absolute atomic E-state index is 0.188. The molecule has 2 aliphatic heterocycles. The number of ether oxygens (including phenoxy) is 2. The molecule has 0 amide bonds. The van der Waals surface area contributed by atoms with Gasteiger partial charge in [-0.05, 0) is 12.8 Å². The molecule has 0 aromatic heterocycles. The van der Waals surface area contributed by atoms with E-state index in [9.17, 15) is 8.42 Å². The lowest BCUT2D eigenvalue weighted by atomic mass is 10.2. The molecule has 0 saturated carbocycles. The Morgan fingerprint density at radius 1 is 1.17 bits per heavy atom. The molecule has 18 heavy (non-hydrogen) atoms. The molecule has 106 valence electrons. The quantitative estimate of drug-likeness (QED) is 0.792. The summed E-state index contributed by atoms with van der Waals surface area (Å²) in [6, 6.07) is -0.275. The Kier molecular flexibility index (Phi) is 4.97. The summed E-state index contributed by atoms with van der Waals surface area (Å²) in [5, 5.41) is 0. The standard InChI is InChI=1S/C11H22N2O4S/c1-16-11-9-17-8-10(11)12-18(14,15)13-6-4-2-3-5-7-13/h10-12H,2-9H2,1H3/t10-,11-/m0/s1. The van der Waals surface area contributed by atoms with Crippen LogP contribution in [0.2, 0.25) is 0 Å². The summed E-state index contributed by atoms with van der Waals surface area (Å²) in [5.41, 5.74) is 0. The summed E-state index contributed by atoms with van der Waals surface area (Å²) in [6.07, 6.45) is 3.91. The molecular formula is C11H22N2O4S. The topological polar surface area (TPSA) is 67.9 Å². The van der Waals surface area contributed by atoms with E-state index in [1.165, 1.54) is 0 Å². The Labute approximate surface area is 109 Å². The highest BCUT2D eigenvalue weighted by Gasteiger charge is 2.34. The van der Waals surface area contributed by atoms with E-state index in [-0.39, 0.29) is 12.1 Å². The summed E-state index contributed by atoms with van der Waals surface area (Å²) in [6.45, 7) is 2.05. The third-order valence-corrected chi connectivity index (χ3v) is 5.18. The van der Waals surface area contributed by atoms with Gasteiger partial charge in [0, 0.05) is 20.2 Å². The predicted molar refractivity (Wildman–Crippen MR) is 67.5 cm³/mol. The van der Waals surface area contributed by atoms with E-state index in [1.54, 1.807) is 11.4 Å². The monoisotopic (exact) mass is 278 g/mol. The van der Waals surface area contributed by atoms with Crippen molar-refractivity contribution >= 4 is 10.2 Å². The Balaban J connectivity index is 1.97. The molecule has 0 aromatic carbocycles. The maximum Gasteiger partial charge on any atom is 0.279 e. The maximum atomic E-state index is 12.3. The van der Waals surface area contributed by atoms with Crippen LogP contribution in [-0.2, 0) is 19.7 Å². The minimum atomic E-state index is -3.41. The van der Waals surface area contributed by atoms with Crippen LogP contribution in [0.1, 0.15) is 25.7 Å². The van der Waals surface area contributed by atoms with Gasteiger partial charge in [0.15, 0.2) is 0 Å². The van der Waals surface area contributed by atoms with Crippen molar-refractivity contribution < 1.29 is 17.9 Å². The number of nitrogens with one attached hydrogen (secondary N) is 1. The first kappa shape index (κ1) is 14.2. The van der Waals surface area contributed by atoms with E-state index < -0.39 is 10.2 Å². The Bertz CT molecular complexity index is 352. The first-order valence-electron chi connectivity index (χ1n) is 6.51. The highest BCUT2D eigenvalue weighted by molar-refractivity contribution is 7.87. The zero-order valence-corrected chi connectivity index (χ0v) is 11.6. The van der Waals surface area contributed by atoms with Gasteiger partial charge in [-0.25, -0.2) is 0 Å². The van der Waals surface area contributed by atoms with Crippen molar-refractivity contribution in [3.05, 3.63) is 0 Å². The van der Waals surface area contributed by atoms with Crippen molar-refractivity contribution in [3.8, 4) is 0 Å². The van der Waals surface area contributed by atoms with Crippen molar-refractivity contribution in [2.45, 2.75) is 37.8 Å². The van der Waals surface area contributed by atoms with Crippen LogP contribution in [0.3, 0.4) is 0 Å². The van der Waals surface area contributed by atoms with E-state index in [0.717, 1.165) is 25.7 Å². The molecule has 0 radical (unpaired) electrons. The minimum Gasteiger partial charge on any atom is -0.377 e. The fraction of sp³-hybridized carbons (Fsp3) is 1.00. The van der Waals surface area contributed by atoms with Gasteiger partial charge in [0.2, 0.25) is 0 Å². The van der Waals surface area contributed by atoms with E-state index in [2.05, 4.69) is 4.72 Å². The number of methoxy groups -OCH3 is 1. The zero-order valence-electron chi connectivity index (χ0n) is 10.8. The SMILES string of the molecule is CO[C@H]1COC[C@@H]1NS(=O)(=O)N1CCCCCC1. The Morgan fingerprint density at radius 3 is 2.44 bits per heavy atom. The second-order valence-corrected chi connectivity index (χ2v) is 6.56. The molecule has 2 saturated heterocycles. The number of nitrogens with zero attached hydrogens (tertiary/aromatic N) is 1. The molecule has 2 rings (SSSR count). The first-order valence-corrected chi connectivity index (χ1v) is 7.95. The van der Waals surface area contributed by atoms with Gasteiger partial charge >= 0.3 is 0 Å². The van der Waals surface area contributed by atoms with Crippen LogP contribution < -0.4 is 4.72 Å². The molecule has 0 aromatic rings. The van der Waals surface area contributed by atoms with Crippen molar-refractivity contribution in [1.29, 1.82) is 0 Å². The van der Waals surface area contributed by atoms with Gasteiger partial charge in [-0.15, -0.1) is 0 Å². The summed E-state index contributed by atoms with van der Waals surface area (Å²) < 4.78 is 39.2. The number of rotatable bonds is 4. The lowest BCUT2D eigenvalue weighted by molar-refractivity contribution is 0.0758. The fourth-order valence-corrected chi connectivity index (χ4v) is 3.92. The third kappa shape index (κ3) is 3.42. The lowest BCUT2D eigenvalue weighted by Crippen LogP contribution is -2.50. The van der Waals surface area contributed by atoms with Gasteiger partial charge < -0.3 is 9.47 Å². The molecular weight excluding hydrogens is 256 g/mol. The Hall–Kier alpha value is -0.210. The lowest BCUT2D eigenvalue weighted by Gasteiger charge is -2.24. The average Bonchev–Trinajstić information content (AvgIpc) is 2.62. The maximum absolute atomic E-state index is 12.3. The van der Waals surface area contributed by atoms with E-state index in [1.807, 2.05) is 0 Å². The smallest absolute Gasteiger partial charge is 0.279 e. The van der Waals surface area contributed by atoms with Crippen LogP contribution in [0.4, 0.5) is 0 Å². The fourth-order valence-electron chi connectivity index (χ4n) is 2.42. The Morgan fingerprint density at radius 2 is 1.83 bits per heavy atom. The second-order valence-electron chi connectivity index (χ2n) is 4.85. The molecule has 0 bridgehead atoms. The van der Waals surface area contributed by atoms with Crippen LogP contribution in [0.15, 0.2) is 0 Å². The number of hydrogen-bond donors (Lipinski definition) is 1. The highest BCUT2D eigenvalue weighted by atomic mass is 32.2. The van der Waals surface area contributed by atoms with Crippen LogP contribution in [0, 0.1) is 0 Å².